The minimum absolute atomic E-state index is 0.164. The number of carboxylic acids is 1. The smallest absolute Gasteiger partial charge is 0.337 e. The Morgan fingerprint density at radius 3 is 2.82 bits per heavy atom. The number of carboxylic acid groups (broad SMARTS) is 1. The summed E-state index contributed by atoms with van der Waals surface area (Å²) in [6, 6.07) is 6.81. The molecule has 1 N–H and O–H groups in total. The second-order valence-electron chi connectivity index (χ2n) is 3.43. The lowest BCUT2D eigenvalue weighted by atomic mass is 10.1. The number of carbonyl (C=O) groups is 1. The maximum atomic E-state index is 11.1. The lowest BCUT2D eigenvalue weighted by molar-refractivity contribution is 0.0697. The Balaban J connectivity index is 3.17. The fraction of sp³-hybridized carbons (Fsp3) is 0.333. The van der Waals surface area contributed by atoms with Crippen molar-refractivity contribution in [2.24, 2.45) is 0 Å². The van der Waals surface area contributed by atoms with Crippen LogP contribution in [0.4, 0.5) is 5.69 Å². The Labute approximate surface area is 105 Å². The van der Waals surface area contributed by atoms with Crippen LogP contribution in [0.3, 0.4) is 0 Å². The van der Waals surface area contributed by atoms with Crippen molar-refractivity contribution in [1.82, 2.24) is 0 Å². The van der Waals surface area contributed by atoms with Crippen molar-refractivity contribution >= 4 is 23.3 Å². The number of nitriles is 1. The number of benzene rings is 1. The van der Waals surface area contributed by atoms with Crippen LogP contribution in [0.25, 0.3) is 0 Å². The van der Waals surface area contributed by atoms with Crippen molar-refractivity contribution < 1.29 is 9.90 Å². The molecule has 1 aromatic carbocycles. The van der Waals surface area contributed by atoms with Gasteiger partial charge in [-0.1, -0.05) is 17.7 Å². The van der Waals surface area contributed by atoms with E-state index in [1.807, 2.05) is 13.0 Å². The lowest BCUT2D eigenvalue weighted by Gasteiger charge is -2.24. The number of aromatic carboxylic acids is 1. The van der Waals surface area contributed by atoms with Crippen LogP contribution in [0.5, 0.6) is 0 Å². The fourth-order valence-corrected chi connectivity index (χ4v) is 1.92. The molecule has 0 spiro atoms. The van der Waals surface area contributed by atoms with Gasteiger partial charge in [0.25, 0.3) is 0 Å². The van der Waals surface area contributed by atoms with E-state index in [1.54, 1.807) is 17.0 Å². The van der Waals surface area contributed by atoms with Crippen molar-refractivity contribution in [2.75, 3.05) is 18.0 Å². The van der Waals surface area contributed by atoms with Gasteiger partial charge in [0.1, 0.15) is 0 Å². The van der Waals surface area contributed by atoms with Crippen LogP contribution in [0.1, 0.15) is 23.7 Å². The Bertz CT molecular complexity index is 454. The monoisotopic (exact) mass is 252 g/mol. The SMILES string of the molecule is CCN(CCC#N)c1c(Cl)cccc1C(=O)O. The molecule has 90 valence electrons. The first kappa shape index (κ1) is 13.3. The van der Waals surface area contributed by atoms with Gasteiger partial charge in [0.05, 0.1) is 28.8 Å². The molecule has 5 heteroatoms. The molecular weight excluding hydrogens is 240 g/mol. The Hall–Kier alpha value is -1.73. The average molecular weight is 253 g/mol. The van der Waals surface area contributed by atoms with Crippen LogP contribution in [-0.4, -0.2) is 24.2 Å². The highest BCUT2D eigenvalue weighted by Crippen LogP contribution is 2.30. The van der Waals surface area contributed by atoms with Crippen molar-refractivity contribution in [3.05, 3.63) is 28.8 Å². The zero-order chi connectivity index (χ0) is 12.8. The average Bonchev–Trinajstić information content (AvgIpc) is 2.31. The molecule has 0 saturated carbocycles. The summed E-state index contributed by atoms with van der Waals surface area (Å²) in [6.45, 7) is 2.97. The highest BCUT2D eigenvalue weighted by Gasteiger charge is 2.17. The van der Waals surface area contributed by atoms with Crippen LogP contribution in [0.15, 0.2) is 18.2 Å². The van der Waals surface area contributed by atoms with E-state index >= 15 is 0 Å². The third-order valence-electron chi connectivity index (χ3n) is 2.41. The molecule has 0 aliphatic rings. The van der Waals surface area contributed by atoms with E-state index in [0.29, 0.717) is 30.2 Å². The molecule has 0 aliphatic carbocycles. The summed E-state index contributed by atoms with van der Waals surface area (Å²) in [6.07, 6.45) is 0.331. The van der Waals surface area contributed by atoms with Gasteiger partial charge in [0.15, 0.2) is 0 Å². The van der Waals surface area contributed by atoms with Crippen molar-refractivity contribution in [3.63, 3.8) is 0 Å². The summed E-state index contributed by atoms with van der Waals surface area (Å²) in [7, 11) is 0. The Kier molecular flexibility index (Phi) is 4.80. The summed E-state index contributed by atoms with van der Waals surface area (Å²) < 4.78 is 0. The van der Waals surface area contributed by atoms with Gasteiger partial charge in [-0.15, -0.1) is 0 Å². The first-order valence-electron chi connectivity index (χ1n) is 5.25. The van der Waals surface area contributed by atoms with Gasteiger partial charge in [-0.25, -0.2) is 4.79 Å². The van der Waals surface area contributed by atoms with E-state index in [9.17, 15) is 4.79 Å². The van der Waals surface area contributed by atoms with Crippen LogP contribution >= 0.6 is 11.6 Å². The van der Waals surface area contributed by atoms with E-state index in [2.05, 4.69) is 0 Å². The summed E-state index contributed by atoms with van der Waals surface area (Å²) in [5.41, 5.74) is 0.650. The minimum atomic E-state index is -1.02. The van der Waals surface area contributed by atoms with Gasteiger partial charge in [0, 0.05) is 13.1 Å². The summed E-state index contributed by atoms with van der Waals surface area (Å²) in [4.78, 5) is 12.9. The summed E-state index contributed by atoms with van der Waals surface area (Å²) in [5.74, 6) is -1.02. The molecule has 0 bridgehead atoms. The Morgan fingerprint density at radius 1 is 1.59 bits per heavy atom. The molecule has 0 aliphatic heterocycles. The highest BCUT2D eigenvalue weighted by atomic mass is 35.5. The van der Waals surface area contributed by atoms with Crippen molar-refractivity contribution in [1.29, 1.82) is 5.26 Å². The normalized spacial score (nSPS) is 9.71. The number of anilines is 1. The molecule has 0 radical (unpaired) electrons. The number of para-hydroxylation sites is 1. The lowest BCUT2D eigenvalue weighted by Crippen LogP contribution is -2.26. The Morgan fingerprint density at radius 2 is 2.29 bits per heavy atom. The zero-order valence-corrected chi connectivity index (χ0v) is 10.2. The standard InChI is InChI=1S/C12H13ClN2O2/c1-2-15(8-4-7-14)11-9(12(16)17)5-3-6-10(11)13/h3,5-6H,2,4,8H2,1H3,(H,16,17). The maximum Gasteiger partial charge on any atom is 0.337 e. The maximum absolute atomic E-state index is 11.1. The fourth-order valence-electron chi connectivity index (χ4n) is 1.62. The first-order chi connectivity index (χ1) is 8.11. The van der Waals surface area contributed by atoms with E-state index in [4.69, 9.17) is 22.0 Å². The van der Waals surface area contributed by atoms with E-state index < -0.39 is 5.97 Å². The van der Waals surface area contributed by atoms with Gasteiger partial charge in [-0.05, 0) is 19.1 Å². The second-order valence-corrected chi connectivity index (χ2v) is 3.84. The predicted octanol–water partition coefficient (Wildman–Crippen LogP) is 2.78. The predicted molar refractivity (Wildman–Crippen MR) is 66.5 cm³/mol. The van der Waals surface area contributed by atoms with Crippen molar-refractivity contribution in [2.45, 2.75) is 13.3 Å². The highest BCUT2D eigenvalue weighted by molar-refractivity contribution is 6.34. The minimum Gasteiger partial charge on any atom is -0.478 e. The summed E-state index contributed by atoms with van der Waals surface area (Å²) >= 11 is 6.04. The van der Waals surface area contributed by atoms with E-state index in [0.717, 1.165) is 0 Å². The van der Waals surface area contributed by atoms with Gasteiger partial charge in [-0.3, -0.25) is 0 Å². The molecule has 0 heterocycles. The van der Waals surface area contributed by atoms with E-state index in [1.165, 1.54) is 6.07 Å². The van der Waals surface area contributed by atoms with Gasteiger partial charge in [0.2, 0.25) is 0 Å². The van der Waals surface area contributed by atoms with Crippen LogP contribution in [0.2, 0.25) is 5.02 Å². The van der Waals surface area contributed by atoms with Crippen LogP contribution in [0, 0.1) is 11.3 Å². The molecule has 0 unspecified atom stereocenters. The number of hydrogen-bond donors (Lipinski definition) is 1. The number of halogens is 1. The molecule has 4 nitrogen and oxygen atoms in total. The molecule has 17 heavy (non-hydrogen) atoms. The molecule has 0 atom stereocenters. The van der Waals surface area contributed by atoms with Crippen LogP contribution in [-0.2, 0) is 0 Å². The molecule has 0 saturated heterocycles. The second kappa shape index (κ2) is 6.12. The number of nitrogens with zero attached hydrogens (tertiary/aromatic N) is 2. The molecule has 1 rings (SSSR count). The number of hydrogen-bond acceptors (Lipinski definition) is 3. The van der Waals surface area contributed by atoms with Crippen molar-refractivity contribution in [3.8, 4) is 6.07 Å². The summed E-state index contributed by atoms with van der Waals surface area (Å²) in [5, 5.41) is 18.1. The van der Waals surface area contributed by atoms with Gasteiger partial charge in [-0.2, -0.15) is 5.26 Å². The van der Waals surface area contributed by atoms with E-state index in [-0.39, 0.29) is 5.56 Å². The third-order valence-corrected chi connectivity index (χ3v) is 2.71. The quantitative estimate of drug-likeness (QED) is 0.875. The topological polar surface area (TPSA) is 64.3 Å². The number of rotatable bonds is 5. The first-order valence-corrected chi connectivity index (χ1v) is 5.63. The van der Waals surface area contributed by atoms with Crippen LogP contribution < -0.4 is 4.90 Å². The molecule has 1 aromatic rings. The molecular formula is C12H13ClN2O2. The zero-order valence-electron chi connectivity index (χ0n) is 9.48. The molecule has 0 aromatic heterocycles. The van der Waals surface area contributed by atoms with Gasteiger partial charge >= 0.3 is 5.97 Å². The molecule has 0 fully saturated rings. The van der Waals surface area contributed by atoms with Gasteiger partial charge < -0.3 is 10.0 Å². The largest absolute Gasteiger partial charge is 0.478 e. The molecule has 0 amide bonds. The third kappa shape index (κ3) is 3.11.